The molecule has 0 saturated heterocycles. The van der Waals surface area contributed by atoms with Crippen molar-refractivity contribution in [1.82, 2.24) is 20.6 Å². The molecular formula is C18H9BrF7N5O. The van der Waals surface area contributed by atoms with Crippen LogP contribution in [0.2, 0.25) is 0 Å². The third-order valence-corrected chi connectivity index (χ3v) is 5.29. The molecule has 0 unspecified atom stereocenters. The van der Waals surface area contributed by atoms with Gasteiger partial charge in [0.05, 0.1) is 11.1 Å². The highest BCUT2D eigenvalue weighted by Gasteiger charge is 2.40. The monoisotopic (exact) mass is 523 g/mol. The van der Waals surface area contributed by atoms with Crippen LogP contribution in [0.4, 0.5) is 36.4 Å². The normalized spacial score (nSPS) is 12.5. The van der Waals surface area contributed by atoms with E-state index in [1.165, 1.54) is 18.2 Å². The number of fused-ring (bicyclic) bond motifs is 1. The molecule has 0 amide bonds. The number of tetrazole rings is 1. The van der Waals surface area contributed by atoms with Crippen LogP contribution in [0, 0.1) is 5.82 Å². The number of H-pyrrole nitrogens is 1. The van der Waals surface area contributed by atoms with Gasteiger partial charge in [-0.25, -0.2) is 4.39 Å². The maximum atomic E-state index is 14.9. The molecule has 4 aromatic rings. The highest BCUT2D eigenvalue weighted by atomic mass is 79.9. The number of rotatable bonds is 4. The SMILES string of the molecule is Fc1c(CNc2cc(C(F)(F)F)c(Br)c(C(F)(F)F)c2)ccc2cc(-c3nn[nH]n3)oc12. The van der Waals surface area contributed by atoms with Gasteiger partial charge in [0.25, 0.3) is 0 Å². The maximum Gasteiger partial charge on any atom is 0.417 e. The summed E-state index contributed by atoms with van der Waals surface area (Å²) in [5.41, 5.74) is -3.73. The predicted molar refractivity (Wildman–Crippen MR) is 101 cm³/mol. The molecule has 2 heterocycles. The highest BCUT2D eigenvalue weighted by Crippen LogP contribution is 2.44. The molecule has 0 spiro atoms. The number of anilines is 1. The molecule has 2 aromatic carbocycles. The Kier molecular flexibility index (Phi) is 5.35. The van der Waals surface area contributed by atoms with Gasteiger partial charge in [-0.3, -0.25) is 0 Å². The molecule has 0 atom stereocenters. The first-order valence-electron chi connectivity index (χ1n) is 8.61. The molecular weight excluding hydrogens is 515 g/mol. The van der Waals surface area contributed by atoms with Crippen molar-refractivity contribution < 1.29 is 35.2 Å². The summed E-state index contributed by atoms with van der Waals surface area (Å²) in [4.78, 5) is 0. The second kappa shape index (κ2) is 7.76. The number of halogens is 8. The van der Waals surface area contributed by atoms with Crippen LogP contribution in [0.15, 0.2) is 39.2 Å². The molecule has 2 aromatic heterocycles. The fraction of sp³-hybridized carbons (Fsp3) is 0.167. The first-order chi connectivity index (χ1) is 14.9. The molecule has 168 valence electrons. The van der Waals surface area contributed by atoms with Crippen molar-refractivity contribution in [3.8, 4) is 11.6 Å². The fourth-order valence-corrected chi connectivity index (χ4v) is 3.64. The van der Waals surface area contributed by atoms with E-state index in [1.54, 1.807) is 0 Å². The molecule has 0 saturated carbocycles. The number of furan rings is 1. The van der Waals surface area contributed by atoms with Crippen LogP contribution >= 0.6 is 15.9 Å². The van der Waals surface area contributed by atoms with Crippen LogP contribution in [0.1, 0.15) is 16.7 Å². The second-order valence-electron chi connectivity index (χ2n) is 6.54. The van der Waals surface area contributed by atoms with Gasteiger partial charge in [0.15, 0.2) is 17.2 Å². The zero-order valence-electron chi connectivity index (χ0n) is 15.4. The molecule has 0 fully saturated rings. The van der Waals surface area contributed by atoms with Gasteiger partial charge in [0.2, 0.25) is 5.82 Å². The van der Waals surface area contributed by atoms with Crippen molar-refractivity contribution in [3.63, 3.8) is 0 Å². The molecule has 14 heteroatoms. The second-order valence-corrected chi connectivity index (χ2v) is 7.33. The molecule has 0 aliphatic heterocycles. The van der Waals surface area contributed by atoms with Crippen molar-refractivity contribution in [3.05, 3.63) is 57.3 Å². The Balaban J connectivity index is 1.66. The predicted octanol–water partition coefficient (Wildman–Crippen LogP) is 6.16. The largest absolute Gasteiger partial charge is 0.449 e. The number of aromatic nitrogens is 4. The minimum atomic E-state index is -5.04. The number of aromatic amines is 1. The summed E-state index contributed by atoms with van der Waals surface area (Å²) in [5.74, 6) is -0.640. The van der Waals surface area contributed by atoms with Gasteiger partial charge in [-0.05, 0) is 39.3 Å². The summed E-state index contributed by atoms with van der Waals surface area (Å²) in [6.45, 7) is -0.407. The van der Waals surface area contributed by atoms with Crippen LogP contribution in [0.25, 0.3) is 22.6 Å². The first kappa shape index (κ1) is 22.0. The van der Waals surface area contributed by atoms with Crippen LogP contribution in [-0.2, 0) is 18.9 Å². The number of nitrogens with zero attached hydrogens (tertiary/aromatic N) is 3. The van der Waals surface area contributed by atoms with Crippen molar-refractivity contribution in [2.75, 3.05) is 5.32 Å². The number of hydrogen-bond donors (Lipinski definition) is 2. The van der Waals surface area contributed by atoms with E-state index in [2.05, 4.69) is 41.9 Å². The summed E-state index contributed by atoms with van der Waals surface area (Å²) in [6.07, 6.45) is -10.1. The van der Waals surface area contributed by atoms with Crippen LogP contribution in [-0.4, -0.2) is 20.6 Å². The molecule has 0 aliphatic carbocycles. The lowest BCUT2D eigenvalue weighted by Gasteiger charge is -2.18. The van der Waals surface area contributed by atoms with Gasteiger partial charge < -0.3 is 9.73 Å². The van der Waals surface area contributed by atoms with Gasteiger partial charge in [0.1, 0.15) is 0 Å². The third-order valence-electron chi connectivity index (χ3n) is 4.44. The molecule has 32 heavy (non-hydrogen) atoms. The molecule has 6 nitrogen and oxygen atoms in total. The summed E-state index contributed by atoms with van der Waals surface area (Å²) in [7, 11) is 0. The summed E-state index contributed by atoms with van der Waals surface area (Å²) >= 11 is 2.38. The lowest BCUT2D eigenvalue weighted by atomic mass is 10.1. The van der Waals surface area contributed by atoms with E-state index in [9.17, 15) is 30.7 Å². The van der Waals surface area contributed by atoms with Crippen LogP contribution in [0.5, 0.6) is 0 Å². The number of nitrogens with one attached hydrogen (secondary N) is 2. The number of hydrogen-bond acceptors (Lipinski definition) is 5. The van der Waals surface area contributed by atoms with E-state index in [1.807, 2.05) is 0 Å². The molecule has 0 aliphatic rings. The Bertz CT molecular complexity index is 1250. The first-order valence-corrected chi connectivity index (χ1v) is 9.41. The van der Waals surface area contributed by atoms with E-state index < -0.39 is 46.0 Å². The van der Waals surface area contributed by atoms with Gasteiger partial charge >= 0.3 is 12.4 Å². The van der Waals surface area contributed by atoms with Gasteiger partial charge in [-0.2, -0.15) is 31.6 Å². The standard InChI is InChI=1S/C18H9BrF7N5O/c19-13-10(17(21,22)23)4-9(5-11(13)18(24,25)26)27-6-8-2-1-7-3-12(16-28-30-31-29-16)32-15(7)14(8)20/h1-5,27H,6H2,(H,28,29,30,31). The van der Waals surface area contributed by atoms with Crippen molar-refractivity contribution >= 4 is 32.6 Å². The van der Waals surface area contributed by atoms with Crippen LogP contribution in [0.3, 0.4) is 0 Å². The molecule has 4 rings (SSSR count). The third kappa shape index (κ3) is 4.13. The quantitative estimate of drug-likeness (QED) is 0.313. The average molecular weight is 524 g/mol. The van der Waals surface area contributed by atoms with E-state index in [4.69, 9.17) is 4.42 Å². The molecule has 2 N–H and O–H groups in total. The maximum absolute atomic E-state index is 14.9. The van der Waals surface area contributed by atoms with E-state index >= 15 is 0 Å². The Morgan fingerprint density at radius 2 is 1.66 bits per heavy atom. The Hall–Kier alpha value is -3.16. The minimum absolute atomic E-state index is 0.0449. The zero-order valence-corrected chi connectivity index (χ0v) is 17.0. The van der Waals surface area contributed by atoms with Crippen LogP contribution < -0.4 is 5.32 Å². The van der Waals surface area contributed by atoms with Crippen molar-refractivity contribution in [1.29, 1.82) is 0 Å². The summed E-state index contributed by atoms with van der Waals surface area (Å²) < 4.78 is 98.3. The van der Waals surface area contributed by atoms with Gasteiger partial charge in [0, 0.05) is 27.7 Å². The fourth-order valence-electron chi connectivity index (χ4n) is 2.96. The topological polar surface area (TPSA) is 79.6 Å². The minimum Gasteiger partial charge on any atom is -0.449 e. The lowest BCUT2D eigenvalue weighted by molar-refractivity contribution is -0.144. The average Bonchev–Trinajstić information content (AvgIpc) is 3.36. The zero-order chi connectivity index (χ0) is 23.3. The molecule has 0 bridgehead atoms. The lowest BCUT2D eigenvalue weighted by Crippen LogP contribution is -2.14. The molecule has 0 radical (unpaired) electrons. The smallest absolute Gasteiger partial charge is 0.417 e. The summed E-state index contributed by atoms with van der Waals surface area (Å²) in [6, 6.07) is 5.29. The van der Waals surface area contributed by atoms with Gasteiger partial charge in [-0.1, -0.05) is 12.1 Å². The Morgan fingerprint density at radius 3 is 2.22 bits per heavy atom. The van der Waals surface area contributed by atoms with Gasteiger partial charge in [-0.15, -0.1) is 10.2 Å². The number of alkyl halides is 6. The number of benzene rings is 2. The van der Waals surface area contributed by atoms with E-state index in [-0.39, 0.29) is 22.7 Å². The van der Waals surface area contributed by atoms with E-state index in [0.717, 1.165) is 0 Å². The van der Waals surface area contributed by atoms with Crippen molar-refractivity contribution in [2.24, 2.45) is 0 Å². The highest BCUT2D eigenvalue weighted by molar-refractivity contribution is 9.10. The summed E-state index contributed by atoms with van der Waals surface area (Å²) in [5, 5.41) is 15.8. The Morgan fingerprint density at radius 1 is 1.00 bits per heavy atom. The van der Waals surface area contributed by atoms with E-state index in [0.29, 0.717) is 17.5 Å². The Labute approximate surface area is 181 Å². The van der Waals surface area contributed by atoms with Crippen molar-refractivity contribution in [2.45, 2.75) is 18.9 Å².